The maximum atomic E-state index is 12.8. The molecule has 0 aliphatic carbocycles. The maximum absolute atomic E-state index is 12.8. The number of amides is 1. The predicted molar refractivity (Wildman–Crippen MR) is 94.3 cm³/mol. The van der Waals surface area contributed by atoms with Gasteiger partial charge < -0.3 is 4.52 Å². The van der Waals surface area contributed by atoms with Gasteiger partial charge in [0.1, 0.15) is 10.4 Å². The Balaban J connectivity index is 2.28. The Morgan fingerprint density at radius 1 is 1.07 bits per heavy atom. The number of sulfone groups is 1. The molecular formula is C17H20F3N3O4S. The Morgan fingerprint density at radius 2 is 1.68 bits per heavy atom. The lowest BCUT2D eigenvalue weighted by molar-refractivity contribution is -0.141. The molecule has 0 aliphatic rings. The van der Waals surface area contributed by atoms with E-state index in [1.165, 1.54) is 6.07 Å². The Morgan fingerprint density at radius 3 is 2.11 bits per heavy atom. The first-order chi connectivity index (χ1) is 12.6. The first-order valence-corrected chi connectivity index (χ1v) is 9.61. The van der Waals surface area contributed by atoms with Crippen LogP contribution in [-0.2, 0) is 26.2 Å². The van der Waals surface area contributed by atoms with E-state index in [1.807, 2.05) is 20.8 Å². The molecule has 0 fully saturated rings. The zero-order valence-corrected chi connectivity index (χ0v) is 16.7. The van der Waals surface area contributed by atoms with E-state index in [0.717, 1.165) is 19.9 Å². The van der Waals surface area contributed by atoms with E-state index in [-0.39, 0.29) is 11.3 Å². The number of nitrogens with zero attached hydrogens (tertiary/aromatic N) is 2. The highest BCUT2D eigenvalue weighted by molar-refractivity contribution is 7.93. The van der Waals surface area contributed by atoms with E-state index in [2.05, 4.69) is 15.5 Å². The van der Waals surface area contributed by atoms with Crippen LogP contribution in [0.25, 0.3) is 0 Å². The summed E-state index contributed by atoms with van der Waals surface area (Å²) in [5, 5.41) is 6.16. The summed E-state index contributed by atoms with van der Waals surface area (Å²) in [6.45, 7) is 7.90. The summed E-state index contributed by atoms with van der Waals surface area (Å²) in [7, 11) is -4.35. The molecule has 2 heterocycles. The van der Waals surface area contributed by atoms with Gasteiger partial charge in [-0.3, -0.25) is 15.1 Å². The van der Waals surface area contributed by atoms with E-state index in [9.17, 15) is 26.4 Å². The van der Waals surface area contributed by atoms with Crippen LogP contribution in [0.4, 0.5) is 19.1 Å². The Hall–Kier alpha value is -2.43. The van der Waals surface area contributed by atoms with Crippen molar-refractivity contribution >= 4 is 21.6 Å². The second-order valence-electron chi connectivity index (χ2n) is 7.67. The van der Waals surface area contributed by atoms with Gasteiger partial charge in [-0.25, -0.2) is 8.42 Å². The lowest BCUT2D eigenvalue weighted by Gasteiger charge is -2.23. The fraction of sp³-hybridized carbons (Fsp3) is 0.471. The number of carbonyl (C=O) groups is 1. The predicted octanol–water partition coefficient (Wildman–Crippen LogP) is 3.58. The van der Waals surface area contributed by atoms with Crippen LogP contribution in [0.3, 0.4) is 0 Å². The van der Waals surface area contributed by atoms with Crippen molar-refractivity contribution in [1.82, 2.24) is 10.1 Å². The molecule has 154 valence electrons. The number of pyridine rings is 1. The third-order valence-electron chi connectivity index (χ3n) is 4.07. The molecular weight excluding hydrogens is 399 g/mol. The normalized spacial score (nSPS) is 13.4. The summed E-state index contributed by atoms with van der Waals surface area (Å²) in [6.07, 6.45) is -4.12. The van der Waals surface area contributed by atoms with Gasteiger partial charge in [0.25, 0.3) is 0 Å². The maximum Gasteiger partial charge on any atom is 0.433 e. The zero-order chi connectivity index (χ0) is 21.5. The molecule has 0 saturated heterocycles. The summed E-state index contributed by atoms with van der Waals surface area (Å²) in [5.41, 5.74) is -1.03. The molecule has 1 N–H and O–H groups in total. The number of hydrogen-bond donors (Lipinski definition) is 1. The molecule has 0 spiro atoms. The van der Waals surface area contributed by atoms with Crippen LogP contribution in [0.5, 0.6) is 0 Å². The van der Waals surface area contributed by atoms with Gasteiger partial charge in [0, 0.05) is 17.7 Å². The number of alkyl halides is 3. The average Bonchev–Trinajstić information content (AvgIpc) is 3.02. The van der Waals surface area contributed by atoms with Crippen LogP contribution < -0.4 is 5.32 Å². The number of aromatic nitrogens is 2. The standard InChI is InChI=1S/C17H20F3N3O4S/c1-15(2,3)12-8-13(27-23-12)22-14(24)16(4,5)28(25,26)10-6-7-11(21-9-10)17(18,19)20/h6-9H,1-5H3,(H,22,24). The van der Waals surface area contributed by atoms with Gasteiger partial charge in [-0.2, -0.15) is 13.2 Å². The molecule has 0 bridgehead atoms. The van der Waals surface area contributed by atoms with E-state index < -0.39 is 37.3 Å². The minimum atomic E-state index is -4.70. The summed E-state index contributed by atoms with van der Waals surface area (Å²) in [6, 6.07) is 2.79. The van der Waals surface area contributed by atoms with Gasteiger partial charge in [0.2, 0.25) is 11.8 Å². The number of carbonyl (C=O) groups excluding carboxylic acids is 1. The van der Waals surface area contributed by atoms with Gasteiger partial charge in [-0.1, -0.05) is 25.9 Å². The minimum absolute atomic E-state index is 0.0382. The topological polar surface area (TPSA) is 102 Å². The minimum Gasteiger partial charge on any atom is -0.338 e. The Labute approximate surface area is 160 Å². The van der Waals surface area contributed by atoms with Gasteiger partial charge in [0.05, 0.1) is 10.6 Å². The summed E-state index contributed by atoms with van der Waals surface area (Å²) < 4.78 is 66.4. The highest BCUT2D eigenvalue weighted by atomic mass is 32.2. The lowest BCUT2D eigenvalue weighted by atomic mass is 9.92. The molecule has 0 atom stereocenters. The summed E-state index contributed by atoms with van der Waals surface area (Å²) in [5.74, 6) is -0.965. The molecule has 0 unspecified atom stereocenters. The molecule has 2 aromatic heterocycles. The van der Waals surface area contributed by atoms with Gasteiger partial charge in [-0.15, -0.1) is 0 Å². The lowest BCUT2D eigenvalue weighted by Crippen LogP contribution is -2.44. The van der Waals surface area contributed by atoms with E-state index in [0.29, 0.717) is 18.0 Å². The largest absolute Gasteiger partial charge is 0.433 e. The van der Waals surface area contributed by atoms with Gasteiger partial charge >= 0.3 is 6.18 Å². The van der Waals surface area contributed by atoms with Crippen LogP contribution in [0.2, 0.25) is 0 Å². The Kier molecular flexibility index (Phi) is 5.37. The summed E-state index contributed by atoms with van der Waals surface area (Å²) in [4.78, 5) is 15.2. The number of halogens is 3. The second kappa shape index (κ2) is 6.87. The molecule has 0 saturated carbocycles. The third-order valence-corrected chi connectivity index (χ3v) is 6.46. The molecule has 11 heteroatoms. The summed E-state index contributed by atoms with van der Waals surface area (Å²) >= 11 is 0. The number of hydrogen-bond acceptors (Lipinski definition) is 6. The molecule has 7 nitrogen and oxygen atoms in total. The van der Waals surface area contributed by atoms with Gasteiger partial charge in [-0.05, 0) is 26.0 Å². The Bertz CT molecular complexity index is 972. The molecule has 0 aliphatic heterocycles. The highest BCUT2D eigenvalue weighted by Gasteiger charge is 2.44. The molecule has 2 rings (SSSR count). The average molecular weight is 419 g/mol. The van der Waals surface area contributed by atoms with Crippen LogP contribution in [-0.4, -0.2) is 29.2 Å². The van der Waals surface area contributed by atoms with Crippen molar-refractivity contribution in [2.24, 2.45) is 0 Å². The van der Waals surface area contributed by atoms with Crippen molar-refractivity contribution in [3.8, 4) is 0 Å². The smallest absolute Gasteiger partial charge is 0.338 e. The van der Waals surface area contributed by atoms with Crippen molar-refractivity contribution in [2.45, 2.75) is 55.9 Å². The van der Waals surface area contributed by atoms with Crippen LogP contribution in [0.15, 0.2) is 33.8 Å². The van der Waals surface area contributed by atoms with E-state index in [1.54, 1.807) is 0 Å². The fourth-order valence-corrected chi connectivity index (χ4v) is 3.40. The van der Waals surface area contributed by atoms with Gasteiger partial charge in [0.15, 0.2) is 9.84 Å². The number of rotatable bonds is 4. The van der Waals surface area contributed by atoms with Crippen LogP contribution in [0, 0.1) is 0 Å². The van der Waals surface area contributed by atoms with E-state index in [4.69, 9.17) is 4.52 Å². The van der Waals surface area contributed by atoms with Crippen molar-refractivity contribution in [2.75, 3.05) is 5.32 Å². The molecule has 2 aromatic rings. The monoisotopic (exact) mass is 419 g/mol. The second-order valence-corrected chi connectivity index (χ2v) is 10.2. The van der Waals surface area contributed by atoms with Crippen LogP contribution in [0.1, 0.15) is 46.0 Å². The first kappa shape index (κ1) is 21.9. The molecule has 1 amide bonds. The number of nitrogens with one attached hydrogen (secondary N) is 1. The van der Waals surface area contributed by atoms with Crippen molar-refractivity contribution < 1.29 is 30.9 Å². The number of anilines is 1. The molecule has 0 aromatic carbocycles. The van der Waals surface area contributed by atoms with E-state index >= 15 is 0 Å². The van der Waals surface area contributed by atoms with Crippen molar-refractivity contribution in [3.63, 3.8) is 0 Å². The highest BCUT2D eigenvalue weighted by Crippen LogP contribution is 2.31. The zero-order valence-electron chi connectivity index (χ0n) is 15.9. The van der Waals surface area contributed by atoms with Crippen LogP contribution >= 0.6 is 0 Å². The first-order valence-electron chi connectivity index (χ1n) is 8.13. The van der Waals surface area contributed by atoms with Crippen molar-refractivity contribution in [1.29, 1.82) is 0 Å². The molecule has 28 heavy (non-hydrogen) atoms. The SMILES string of the molecule is CC(C)(C)c1cc(NC(=O)C(C)(C)S(=O)(=O)c2ccc(C(F)(F)F)nc2)on1. The molecule has 0 radical (unpaired) electrons. The fourth-order valence-electron chi connectivity index (χ4n) is 2.07. The van der Waals surface area contributed by atoms with Crippen molar-refractivity contribution in [3.05, 3.63) is 35.8 Å². The quantitative estimate of drug-likeness (QED) is 0.813. The third kappa shape index (κ3) is 4.18.